The molecule has 0 aliphatic heterocycles. The van der Waals surface area contributed by atoms with Gasteiger partial charge in [-0.05, 0) is 19.8 Å². The van der Waals surface area contributed by atoms with Gasteiger partial charge in [0.25, 0.3) is 0 Å². The fourth-order valence-electron chi connectivity index (χ4n) is 0.895. The predicted octanol–water partition coefficient (Wildman–Crippen LogP) is 0.623. The molecule has 0 rings (SSSR count). The highest BCUT2D eigenvalue weighted by atomic mass is 28.4. The molecule has 0 unspecified atom stereocenters. The Kier molecular flexibility index (Phi) is 8.01. The van der Waals surface area contributed by atoms with Gasteiger partial charge in [-0.25, -0.2) is 4.79 Å². The molecule has 0 atom stereocenters. The van der Waals surface area contributed by atoms with E-state index in [2.05, 4.69) is 6.58 Å². The van der Waals surface area contributed by atoms with E-state index in [-0.39, 0.29) is 6.61 Å². The van der Waals surface area contributed by atoms with Crippen LogP contribution in [0.3, 0.4) is 0 Å². The second-order valence-electron chi connectivity index (χ2n) is 3.40. The van der Waals surface area contributed by atoms with Crippen molar-refractivity contribution in [3.05, 3.63) is 12.2 Å². The number of hydrogen-bond acceptors (Lipinski definition) is 6. The van der Waals surface area contributed by atoms with Crippen molar-refractivity contribution >= 4 is 15.0 Å². The zero-order valence-corrected chi connectivity index (χ0v) is 11.5. The molecule has 100 valence electrons. The standard InChI is InChI=1S/C10H20O6Si/c1-9(2)10(11)15-7-5-6-8-16-17(12,13-3)14-4/h12H,1,5-8H2,2-4H3. The van der Waals surface area contributed by atoms with Gasteiger partial charge in [-0.1, -0.05) is 6.58 Å². The van der Waals surface area contributed by atoms with Crippen LogP contribution in [0.4, 0.5) is 0 Å². The Morgan fingerprint density at radius 1 is 1.24 bits per heavy atom. The van der Waals surface area contributed by atoms with Crippen LogP contribution in [-0.2, 0) is 22.8 Å². The summed E-state index contributed by atoms with van der Waals surface area (Å²) in [4.78, 5) is 20.5. The Morgan fingerprint density at radius 3 is 2.24 bits per heavy atom. The van der Waals surface area contributed by atoms with Crippen LogP contribution in [0.15, 0.2) is 12.2 Å². The summed E-state index contributed by atoms with van der Waals surface area (Å²) >= 11 is 0. The van der Waals surface area contributed by atoms with E-state index in [1.807, 2.05) is 0 Å². The fraction of sp³-hybridized carbons (Fsp3) is 0.700. The molecule has 0 radical (unpaired) electrons. The van der Waals surface area contributed by atoms with Gasteiger partial charge in [-0.3, -0.25) is 0 Å². The van der Waals surface area contributed by atoms with Gasteiger partial charge in [0, 0.05) is 26.4 Å². The molecule has 0 aromatic rings. The first-order chi connectivity index (χ1) is 7.95. The zero-order chi connectivity index (χ0) is 13.3. The summed E-state index contributed by atoms with van der Waals surface area (Å²) in [5.41, 5.74) is 0.377. The highest BCUT2D eigenvalue weighted by Crippen LogP contribution is 2.04. The Bertz CT molecular complexity index is 251. The third-order valence-corrected chi connectivity index (χ3v) is 3.52. The third kappa shape index (κ3) is 7.24. The van der Waals surface area contributed by atoms with Crippen molar-refractivity contribution < 1.29 is 27.6 Å². The molecular formula is C10H20O6Si. The van der Waals surface area contributed by atoms with Gasteiger partial charge in [0.15, 0.2) is 0 Å². The van der Waals surface area contributed by atoms with Crippen LogP contribution >= 0.6 is 0 Å². The molecule has 0 aromatic heterocycles. The van der Waals surface area contributed by atoms with Crippen LogP contribution in [-0.4, -0.2) is 47.2 Å². The summed E-state index contributed by atoms with van der Waals surface area (Å²) in [7, 11) is -0.772. The van der Waals surface area contributed by atoms with E-state index in [1.54, 1.807) is 6.92 Å². The highest BCUT2D eigenvalue weighted by Gasteiger charge is 2.38. The van der Waals surface area contributed by atoms with Crippen molar-refractivity contribution in [3.63, 3.8) is 0 Å². The Balaban J connectivity index is 3.53. The number of carbonyl (C=O) groups excluding carboxylic acids is 1. The van der Waals surface area contributed by atoms with E-state index in [9.17, 15) is 9.59 Å². The molecule has 7 heteroatoms. The molecular weight excluding hydrogens is 244 g/mol. The molecule has 0 saturated heterocycles. The minimum Gasteiger partial charge on any atom is -0.462 e. The van der Waals surface area contributed by atoms with Gasteiger partial charge in [-0.2, -0.15) is 0 Å². The number of hydrogen-bond donors (Lipinski definition) is 1. The number of ether oxygens (including phenoxy) is 1. The molecule has 0 heterocycles. The average Bonchev–Trinajstić information content (AvgIpc) is 2.32. The first-order valence-corrected chi connectivity index (χ1v) is 6.91. The van der Waals surface area contributed by atoms with Crippen molar-refractivity contribution in [1.29, 1.82) is 0 Å². The summed E-state index contributed by atoms with van der Waals surface area (Å²) in [6.45, 7) is 5.64. The van der Waals surface area contributed by atoms with Gasteiger partial charge in [-0.15, -0.1) is 0 Å². The molecule has 6 nitrogen and oxygen atoms in total. The quantitative estimate of drug-likeness (QED) is 0.285. The van der Waals surface area contributed by atoms with Gasteiger partial charge in [0.05, 0.1) is 6.61 Å². The lowest BCUT2D eigenvalue weighted by atomic mass is 10.3. The van der Waals surface area contributed by atoms with Crippen molar-refractivity contribution in [2.24, 2.45) is 0 Å². The fourth-order valence-corrected chi connectivity index (χ4v) is 1.70. The molecule has 0 aliphatic carbocycles. The van der Waals surface area contributed by atoms with Crippen LogP contribution in [0.1, 0.15) is 19.8 Å². The minimum atomic E-state index is -3.42. The lowest BCUT2D eigenvalue weighted by molar-refractivity contribution is -0.139. The highest BCUT2D eigenvalue weighted by molar-refractivity contribution is 6.51. The maximum Gasteiger partial charge on any atom is 0.676 e. The summed E-state index contributed by atoms with van der Waals surface area (Å²) in [6.07, 6.45) is 1.27. The van der Waals surface area contributed by atoms with Crippen LogP contribution < -0.4 is 0 Å². The summed E-state index contributed by atoms with van der Waals surface area (Å²) in [5, 5.41) is 0. The van der Waals surface area contributed by atoms with Crippen LogP contribution in [0.25, 0.3) is 0 Å². The molecule has 0 aliphatic rings. The Morgan fingerprint density at radius 2 is 1.76 bits per heavy atom. The molecule has 0 amide bonds. The lowest BCUT2D eigenvalue weighted by Gasteiger charge is -2.18. The van der Waals surface area contributed by atoms with E-state index < -0.39 is 15.0 Å². The molecule has 0 aromatic carbocycles. The number of esters is 1. The molecule has 0 saturated carbocycles. The monoisotopic (exact) mass is 264 g/mol. The Hall–Kier alpha value is -0.733. The van der Waals surface area contributed by atoms with Crippen molar-refractivity contribution in [3.8, 4) is 0 Å². The van der Waals surface area contributed by atoms with Crippen LogP contribution in [0.5, 0.6) is 0 Å². The Labute approximate surface area is 103 Å². The second kappa shape index (κ2) is 8.37. The number of rotatable bonds is 9. The molecule has 0 bridgehead atoms. The van der Waals surface area contributed by atoms with Crippen molar-refractivity contribution in [2.75, 3.05) is 27.4 Å². The second-order valence-corrected chi connectivity index (χ2v) is 5.56. The lowest BCUT2D eigenvalue weighted by Crippen LogP contribution is -2.44. The van der Waals surface area contributed by atoms with Gasteiger partial charge >= 0.3 is 15.0 Å². The van der Waals surface area contributed by atoms with Gasteiger partial charge in [0.1, 0.15) is 0 Å². The van der Waals surface area contributed by atoms with E-state index in [1.165, 1.54) is 14.2 Å². The van der Waals surface area contributed by atoms with E-state index in [0.717, 1.165) is 0 Å². The summed E-state index contributed by atoms with van der Waals surface area (Å²) < 4.78 is 19.4. The average molecular weight is 264 g/mol. The summed E-state index contributed by atoms with van der Waals surface area (Å²) in [5.74, 6) is -0.398. The predicted molar refractivity (Wildman–Crippen MR) is 62.9 cm³/mol. The third-order valence-electron chi connectivity index (χ3n) is 1.92. The van der Waals surface area contributed by atoms with Crippen LogP contribution in [0, 0.1) is 0 Å². The van der Waals surface area contributed by atoms with E-state index >= 15 is 0 Å². The van der Waals surface area contributed by atoms with E-state index in [0.29, 0.717) is 25.0 Å². The first-order valence-electron chi connectivity index (χ1n) is 5.24. The maximum atomic E-state index is 11.0. The van der Waals surface area contributed by atoms with Gasteiger partial charge < -0.3 is 22.8 Å². The molecule has 1 N–H and O–H groups in total. The number of unbranched alkanes of at least 4 members (excludes halogenated alkanes) is 1. The molecule has 0 spiro atoms. The normalized spacial score (nSPS) is 11.3. The van der Waals surface area contributed by atoms with Gasteiger partial charge in [0.2, 0.25) is 0 Å². The van der Waals surface area contributed by atoms with E-state index in [4.69, 9.17) is 18.0 Å². The van der Waals surface area contributed by atoms with Crippen molar-refractivity contribution in [1.82, 2.24) is 0 Å². The SMILES string of the molecule is C=C(C)C(=O)OCCCCO[Si](O)(OC)OC. The maximum absolute atomic E-state index is 11.0. The zero-order valence-electron chi connectivity index (χ0n) is 10.5. The smallest absolute Gasteiger partial charge is 0.462 e. The van der Waals surface area contributed by atoms with Crippen molar-refractivity contribution in [2.45, 2.75) is 19.8 Å². The minimum absolute atomic E-state index is 0.287. The molecule has 0 fully saturated rings. The first kappa shape index (κ1) is 16.3. The summed E-state index contributed by atoms with van der Waals surface area (Å²) in [6, 6.07) is 0. The largest absolute Gasteiger partial charge is 0.676 e. The van der Waals surface area contributed by atoms with Crippen LogP contribution in [0.2, 0.25) is 0 Å². The number of carbonyl (C=O) groups is 1. The topological polar surface area (TPSA) is 74.2 Å². The molecule has 17 heavy (non-hydrogen) atoms.